The molecule has 144 valence electrons. The van der Waals surface area contributed by atoms with Crippen molar-refractivity contribution in [3.63, 3.8) is 0 Å². The number of amides is 3. The van der Waals surface area contributed by atoms with Gasteiger partial charge < -0.3 is 14.9 Å². The lowest BCUT2D eigenvalue weighted by atomic mass is 10.0. The number of nitrogens with one attached hydrogen (secondary N) is 1. The van der Waals surface area contributed by atoms with Gasteiger partial charge in [-0.05, 0) is 25.1 Å². The van der Waals surface area contributed by atoms with E-state index in [1.807, 2.05) is 12.1 Å². The van der Waals surface area contributed by atoms with Crippen molar-refractivity contribution in [2.24, 2.45) is 0 Å². The third-order valence-electron chi connectivity index (χ3n) is 5.77. The molecule has 27 heavy (non-hydrogen) atoms. The summed E-state index contributed by atoms with van der Waals surface area (Å²) >= 11 is 0. The SMILES string of the molecule is CCN1CCN(c2ccc3c(c2)C(=O)N(C2CCC(=O)NC2=O)C3O)CC1. The van der Waals surface area contributed by atoms with E-state index in [-0.39, 0.29) is 24.7 Å². The van der Waals surface area contributed by atoms with Gasteiger partial charge in [-0.3, -0.25) is 24.6 Å². The van der Waals surface area contributed by atoms with Crippen molar-refractivity contribution in [2.75, 3.05) is 37.6 Å². The third kappa shape index (κ3) is 3.08. The highest BCUT2D eigenvalue weighted by atomic mass is 16.3. The number of carbonyl (C=O) groups excluding carboxylic acids is 3. The zero-order valence-corrected chi connectivity index (χ0v) is 15.4. The Kier molecular flexibility index (Phi) is 4.61. The number of fused-ring (bicyclic) bond motifs is 1. The largest absolute Gasteiger partial charge is 0.369 e. The Hall–Kier alpha value is -2.45. The van der Waals surface area contributed by atoms with Gasteiger partial charge in [0.1, 0.15) is 6.04 Å². The molecule has 3 aliphatic rings. The average Bonchev–Trinajstić information content (AvgIpc) is 2.92. The fourth-order valence-corrected chi connectivity index (χ4v) is 4.13. The van der Waals surface area contributed by atoms with E-state index >= 15 is 0 Å². The molecule has 4 rings (SSSR count). The van der Waals surface area contributed by atoms with E-state index in [2.05, 4.69) is 22.0 Å². The number of piperidine rings is 1. The van der Waals surface area contributed by atoms with Crippen LogP contribution in [0.1, 0.15) is 41.9 Å². The van der Waals surface area contributed by atoms with E-state index in [0.717, 1.165) is 38.4 Å². The van der Waals surface area contributed by atoms with Crippen LogP contribution < -0.4 is 10.2 Å². The molecule has 2 saturated heterocycles. The lowest BCUT2D eigenvalue weighted by Crippen LogP contribution is -2.53. The van der Waals surface area contributed by atoms with Crippen LogP contribution in [0.5, 0.6) is 0 Å². The number of hydrogen-bond donors (Lipinski definition) is 2. The molecule has 2 fully saturated rings. The highest BCUT2D eigenvalue weighted by Gasteiger charge is 2.44. The minimum atomic E-state index is -1.16. The molecular formula is C19H24N4O4. The van der Waals surface area contributed by atoms with Gasteiger partial charge in [0.15, 0.2) is 6.23 Å². The van der Waals surface area contributed by atoms with Gasteiger partial charge in [0.2, 0.25) is 11.8 Å². The first kappa shape index (κ1) is 17.9. The van der Waals surface area contributed by atoms with Crippen LogP contribution >= 0.6 is 0 Å². The number of rotatable bonds is 3. The molecule has 1 aromatic rings. The summed E-state index contributed by atoms with van der Waals surface area (Å²) in [7, 11) is 0. The summed E-state index contributed by atoms with van der Waals surface area (Å²) in [5.41, 5.74) is 1.90. The van der Waals surface area contributed by atoms with Crippen molar-refractivity contribution in [1.82, 2.24) is 15.1 Å². The summed E-state index contributed by atoms with van der Waals surface area (Å²) in [6.45, 7) is 6.91. The number of benzene rings is 1. The van der Waals surface area contributed by atoms with Crippen LogP contribution in [0.25, 0.3) is 0 Å². The van der Waals surface area contributed by atoms with Gasteiger partial charge in [-0.15, -0.1) is 0 Å². The first-order valence-corrected chi connectivity index (χ1v) is 9.45. The molecule has 0 saturated carbocycles. The lowest BCUT2D eigenvalue weighted by molar-refractivity contribution is -0.139. The number of aliphatic hydroxyl groups is 1. The second-order valence-corrected chi connectivity index (χ2v) is 7.25. The molecule has 0 spiro atoms. The number of anilines is 1. The second-order valence-electron chi connectivity index (χ2n) is 7.25. The normalized spacial score (nSPS) is 26.4. The van der Waals surface area contributed by atoms with Gasteiger partial charge in [-0.25, -0.2) is 0 Å². The Morgan fingerprint density at radius 1 is 1.15 bits per heavy atom. The van der Waals surface area contributed by atoms with E-state index in [4.69, 9.17) is 0 Å². The van der Waals surface area contributed by atoms with Gasteiger partial charge in [0, 0.05) is 49.4 Å². The lowest BCUT2D eigenvalue weighted by Gasteiger charge is -2.35. The van der Waals surface area contributed by atoms with Crippen LogP contribution in [0.15, 0.2) is 18.2 Å². The van der Waals surface area contributed by atoms with Crippen LogP contribution in [0.2, 0.25) is 0 Å². The zero-order chi connectivity index (χ0) is 19.1. The molecule has 8 heteroatoms. The minimum absolute atomic E-state index is 0.163. The standard InChI is InChI=1S/C19H24N4O4/c1-2-21-7-9-22(10-8-21)12-3-4-13-14(11-12)19(27)23(18(13)26)15-5-6-16(24)20-17(15)25/h3-4,11,15,18,26H,2,5-10H2,1H3,(H,20,24,25). The molecular weight excluding hydrogens is 348 g/mol. The third-order valence-corrected chi connectivity index (χ3v) is 5.77. The number of carbonyl (C=O) groups is 3. The summed E-state index contributed by atoms with van der Waals surface area (Å²) in [4.78, 5) is 42.3. The second kappa shape index (κ2) is 6.94. The fraction of sp³-hybridized carbons (Fsp3) is 0.526. The molecule has 0 aliphatic carbocycles. The number of hydrogen-bond acceptors (Lipinski definition) is 6. The summed E-state index contributed by atoms with van der Waals surface area (Å²) in [6.07, 6.45) is -0.772. The van der Waals surface area contributed by atoms with Gasteiger partial charge >= 0.3 is 0 Å². The number of aliphatic hydroxyl groups excluding tert-OH is 1. The quantitative estimate of drug-likeness (QED) is 0.730. The van der Waals surface area contributed by atoms with Crippen molar-refractivity contribution in [3.05, 3.63) is 29.3 Å². The van der Waals surface area contributed by atoms with Gasteiger partial charge in [0.05, 0.1) is 0 Å². The van der Waals surface area contributed by atoms with Gasteiger partial charge in [-0.2, -0.15) is 0 Å². The highest BCUT2D eigenvalue weighted by molar-refractivity contribution is 6.06. The van der Waals surface area contributed by atoms with E-state index < -0.39 is 18.2 Å². The van der Waals surface area contributed by atoms with E-state index in [1.54, 1.807) is 6.07 Å². The molecule has 2 unspecified atom stereocenters. The fourth-order valence-electron chi connectivity index (χ4n) is 4.13. The van der Waals surface area contributed by atoms with Crippen LogP contribution in [0.4, 0.5) is 5.69 Å². The zero-order valence-electron chi connectivity index (χ0n) is 15.4. The molecule has 2 atom stereocenters. The minimum Gasteiger partial charge on any atom is -0.369 e. The predicted molar refractivity (Wildman–Crippen MR) is 98.1 cm³/mol. The molecule has 0 radical (unpaired) electrons. The molecule has 3 aliphatic heterocycles. The summed E-state index contributed by atoms with van der Waals surface area (Å²) in [6, 6.07) is 4.68. The first-order chi connectivity index (χ1) is 13.0. The van der Waals surface area contributed by atoms with Crippen molar-refractivity contribution in [1.29, 1.82) is 0 Å². The Labute approximate surface area is 157 Å². The first-order valence-electron chi connectivity index (χ1n) is 9.45. The van der Waals surface area contributed by atoms with E-state index in [1.165, 1.54) is 4.90 Å². The number of nitrogens with zero attached hydrogens (tertiary/aromatic N) is 3. The Morgan fingerprint density at radius 3 is 2.56 bits per heavy atom. The highest BCUT2D eigenvalue weighted by Crippen LogP contribution is 2.37. The molecule has 0 bridgehead atoms. The van der Waals surface area contributed by atoms with Crippen molar-refractivity contribution in [2.45, 2.75) is 32.0 Å². The van der Waals surface area contributed by atoms with Crippen molar-refractivity contribution >= 4 is 23.4 Å². The van der Waals surface area contributed by atoms with Crippen LogP contribution in [0.3, 0.4) is 0 Å². The smallest absolute Gasteiger partial charge is 0.257 e. The van der Waals surface area contributed by atoms with Crippen molar-refractivity contribution in [3.8, 4) is 0 Å². The predicted octanol–water partition coefficient (Wildman–Crippen LogP) is 0.0804. The Balaban J connectivity index is 1.56. The Morgan fingerprint density at radius 2 is 1.89 bits per heavy atom. The van der Waals surface area contributed by atoms with Gasteiger partial charge in [0.25, 0.3) is 5.91 Å². The van der Waals surface area contributed by atoms with E-state index in [9.17, 15) is 19.5 Å². The summed E-state index contributed by atoms with van der Waals surface area (Å²) in [5.74, 6) is -1.23. The average molecular weight is 372 g/mol. The van der Waals surface area contributed by atoms with Crippen LogP contribution in [-0.4, -0.2) is 71.4 Å². The topological polar surface area (TPSA) is 93.2 Å². The molecule has 3 amide bonds. The number of likely N-dealkylation sites (N-methyl/N-ethyl adjacent to an activating group) is 1. The van der Waals surface area contributed by atoms with Crippen LogP contribution in [-0.2, 0) is 9.59 Å². The van der Waals surface area contributed by atoms with Gasteiger partial charge in [-0.1, -0.05) is 13.0 Å². The number of piperazine rings is 1. The molecule has 8 nitrogen and oxygen atoms in total. The number of imide groups is 1. The maximum Gasteiger partial charge on any atom is 0.257 e. The monoisotopic (exact) mass is 372 g/mol. The van der Waals surface area contributed by atoms with E-state index in [0.29, 0.717) is 11.1 Å². The van der Waals surface area contributed by atoms with Crippen molar-refractivity contribution < 1.29 is 19.5 Å². The Bertz CT molecular complexity index is 788. The molecule has 0 aromatic heterocycles. The molecule has 1 aromatic carbocycles. The maximum absolute atomic E-state index is 12.9. The summed E-state index contributed by atoms with van der Waals surface area (Å²) in [5, 5.41) is 12.9. The molecule has 2 N–H and O–H groups in total. The molecule has 3 heterocycles. The van der Waals surface area contributed by atoms with Crippen LogP contribution in [0, 0.1) is 0 Å². The summed E-state index contributed by atoms with van der Waals surface area (Å²) < 4.78 is 0. The maximum atomic E-state index is 12.9.